The average Bonchev–Trinajstić information content (AvgIpc) is 3.02. The fraction of sp³-hybridized carbons (Fsp3) is 1.00. The van der Waals surface area contributed by atoms with Crippen LogP contribution >= 0.6 is 0 Å². The summed E-state index contributed by atoms with van der Waals surface area (Å²) in [6.45, 7) is 4.73. The Morgan fingerprint density at radius 1 is 1.00 bits per heavy atom. The van der Waals surface area contributed by atoms with Crippen LogP contribution in [-0.4, -0.2) is 116 Å². The Hall–Kier alpha value is -0.440. The van der Waals surface area contributed by atoms with E-state index in [1.54, 1.807) is 0 Å². The predicted molar refractivity (Wildman–Crippen MR) is 106 cm³/mol. The summed E-state index contributed by atoms with van der Waals surface area (Å²) in [6.07, 6.45) is -7.41. The number of fused-ring (bicyclic) bond motifs is 3. The smallest absolute Gasteiger partial charge is 0.187 e. The van der Waals surface area contributed by atoms with Crippen LogP contribution < -0.4 is 0 Å². The van der Waals surface area contributed by atoms with E-state index >= 15 is 0 Å². The molecular weight excluding hydrogens is 428 g/mol. The van der Waals surface area contributed by atoms with Crippen LogP contribution in [0.25, 0.3) is 0 Å². The van der Waals surface area contributed by atoms with Crippen LogP contribution in [0.4, 0.5) is 0 Å². The Bertz CT molecular complexity index is 676. The van der Waals surface area contributed by atoms with E-state index in [1.165, 1.54) is 0 Å². The minimum atomic E-state index is -1.85. The Kier molecular flexibility index (Phi) is 6.67. The van der Waals surface area contributed by atoms with Gasteiger partial charge in [0.2, 0.25) is 0 Å². The molecule has 4 aliphatic heterocycles. The summed E-state index contributed by atoms with van der Waals surface area (Å²) in [5.41, 5.74) is -2.68. The summed E-state index contributed by atoms with van der Waals surface area (Å²) in [5, 5.41) is 60.6. The van der Waals surface area contributed by atoms with E-state index in [9.17, 15) is 30.6 Å². The van der Waals surface area contributed by atoms with Crippen LogP contribution in [0.1, 0.15) is 40.0 Å². The average molecular weight is 465 g/mol. The van der Waals surface area contributed by atoms with E-state index < -0.39 is 60.9 Å². The maximum atomic E-state index is 10.5. The van der Waals surface area contributed by atoms with E-state index in [-0.39, 0.29) is 30.8 Å². The van der Waals surface area contributed by atoms with Crippen molar-refractivity contribution in [1.82, 2.24) is 0 Å². The first-order chi connectivity index (χ1) is 14.9. The minimum Gasteiger partial charge on any atom is -0.393 e. The van der Waals surface area contributed by atoms with Gasteiger partial charge in [0.15, 0.2) is 12.6 Å². The van der Waals surface area contributed by atoms with Crippen molar-refractivity contribution < 1.29 is 54.3 Å². The van der Waals surface area contributed by atoms with Crippen molar-refractivity contribution in [3.63, 3.8) is 0 Å². The number of ether oxygens (including phenoxy) is 5. The van der Waals surface area contributed by atoms with Crippen molar-refractivity contribution in [2.45, 2.75) is 106 Å². The van der Waals surface area contributed by atoms with Gasteiger partial charge in [-0.15, -0.1) is 0 Å². The predicted octanol–water partition coefficient (Wildman–Crippen LogP) is -2.00. The lowest BCUT2D eigenvalue weighted by atomic mass is 9.67. The largest absolute Gasteiger partial charge is 0.393 e. The second kappa shape index (κ2) is 8.65. The molecule has 186 valence electrons. The monoisotopic (exact) mass is 464 g/mol. The zero-order valence-electron chi connectivity index (χ0n) is 18.7. The molecule has 0 spiro atoms. The van der Waals surface area contributed by atoms with Crippen LogP contribution in [-0.2, 0) is 23.7 Å². The van der Waals surface area contributed by atoms with Gasteiger partial charge in [-0.1, -0.05) is 0 Å². The quantitative estimate of drug-likeness (QED) is 0.257. The van der Waals surface area contributed by atoms with Crippen LogP contribution in [0.5, 0.6) is 0 Å². The van der Waals surface area contributed by atoms with Gasteiger partial charge in [0.25, 0.3) is 0 Å². The lowest BCUT2D eigenvalue weighted by molar-refractivity contribution is -0.356. The molecule has 4 saturated heterocycles. The lowest BCUT2D eigenvalue weighted by Crippen LogP contribution is -2.65. The summed E-state index contributed by atoms with van der Waals surface area (Å²) in [6, 6.07) is 0. The molecule has 0 radical (unpaired) electrons. The number of aliphatic hydroxyl groups is 6. The first-order valence-corrected chi connectivity index (χ1v) is 11.2. The molecule has 32 heavy (non-hydrogen) atoms. The van der Waals surface area contributed by atoms with Gasteiger partial charge in [0, 0.05) is 0 Å². The van der Waals surface area contributed by atoms with Gasteiger partial charge in [-0.2, -0.15) is 0 Å². The SMILES string of the molecule is CC1(C)O[C@@]2(C)CC[C@@H]1C[C@@H]2O[C@@H]1O[C@H](CO[C@@H]2OC[C@](O)(CO)[C@H]2O)[C@@H](O)[C@H](O)[C@H]1O. The Morgan fingerprint density at radius 3 is 2.31 bits per heavy atom. The summed E-state index contributed by atoms with van der Waals surface area (Å²) >= 11 is 0. The molecular formula is C21H36O11. The second-order valence-electron chi connectivity index (χ2n) is 10.3. The number of hydrogen-bond donors (Lipinski definition) is 6. The standard InChI is InChI=1S/C21H36O11/c1-19(2)10-4-5-20(3,32-19)12(6-10)31-17-15(25)14(24)13(23)11(30-17)7-28-18-16(26)21(27,8-22)9-29-18/h10-18,22-27H,4-9H2,1-3H3/t10-,11-,12+,13-,14+,15-,16+,17+,18-,20+,21-/m1/s1. The van der Waals surface area contributed by atoms with Gasteiger partial charge >= 0.3 is 0 Å². The molecule has 4 heterocycles. The molecule has 11 heteroatoms. The molecule has 0 aromatic heterocycles. The zero-order chi connectivity index (χ0) is 23.5. The molecule has 0 amide bonds. The number of rotatable bonds is 6. The van der Waals surface area contributed by atoms with Gasteiger partial charge in [0.05, 0.1) is 37.1 Å². The van der Waals surface area contributed by atoms with Gasteiger partial charge in [0.1, 0.15) is 36.1 Å². The summed E-state index contributed by atoms with van der Waals surface area (Å²) in [5.74, 6) is 0.288. The molecule has 5 fully saturated rings. The van der Waals surface area contributed by atoms with Gasteiger partial charge < -0.3 is 54.3 Å². The summed E-state index contributed by atoms with van der Waals surface area (Å²) in [7, 11) is 0. The van der Waals surface area contributed by atoms with E-state index in [0.29, 0.717) is 0 Å². The van der Waals surface area contributed by atoms with E-state index in [4.69, 9.17) is 23.7 Å². The minimum absolute atomic E-state index is 0.274. The Morgan fingerprint density at radius 2 is 1.72 bits per heavy atom. The van der Waals surface area contributed by atoms with Crippen molar-refractivity contribution in [3.05, 3.63) is 0 Å². The first kappa shape index (κ1) is 24.7. The highest BCUT2D eigenvalue weighted by atomic mass is 16.7. The molecule has 1 saturated carbocycles. The molecule has 0 aromatic rings. The third-order valence-electron chi connectivity index (χ3n) is 7.62. The first-order valence-electron chi connectivity index (χ1n) is 11.2. The van der Waals surface area contributed by atoms with E-state index in [2.05, 4.69) is 13.8 Å². The van der Waals surface area contributed by atoms with Gasteiger partial charge in [-0.3, -0.25) is 0 Å². The van der Waals surface area contributed by atoms with Gasteiger partial charge in [-0.25, -0.2) is 0 Å². The maximum Gasteiger partial charge on any atom is 0.187 e. The molecule has 0 aromatic carbocycles. The maximum absolute atomic E-state index is 10.5. The second-order valence-corrected chi connectivity index (χ2v) is 10.3. The number of hydrogen-bond acceptors (Lipinski definition) is 11. The third kappa shape index (κ3) is 4.22. The fourth-order valence-corrected chi connectivity index (χ4v) is 5.33. The Labute approximate surface area is 186 Å². The normalized spacial score (nSPS) is 53.0. The topological polar surface area (TPSA) is 168 Å². The molecule has 6 N–H and O–H groups in total. The van der Waals surface area contributed by atoms with Crippen molar-refractivity contribution in [2.75, 3.05) is 19.8 Å². The third-order valence-corrected chi connectivity index (χ3v) is 7.62. The molecule has 5 rings (SSSR count). The Balaban J connectivity index is 1.39. The van der Waals surface area contributed by atoms with E-state index in [1.807, 2.05) is 6.92 Å². The molecule has 11 nitrogen and oxygen atoms in total. The highest BCUT2D eigenvalue weighted by molar-refractivity contribution is 5.04. The highest BCUT2D eigenvalue weighted by Gasteiger charge is 2.56. The van der Waals surface area contributed by atoms with Crippen LogP contribution in [0.15, 0.2) is 0 Å². The highest BCUT2D eigenvalue weighted by Crippen LogP contribution is 2.51. The molecule has 5 aliphatic rings. The van der Waals surface area contributed by atoms with Crippen molar-refractivity contribution in [2.24, 2.45) is 5.92 Å². The lowest BCUT2D eigenvalue weighted by Gasteiger charge is -2.58. The molecule has 1 aliphatic carbocycles. The van der Waals surface area contributed by atoms with Crippen LogP contribution in [0, 0.1) is 5.92 Å². The van der Waals surface area contributed by atoms with Crippen LogP contribution in [0.2, 0.25) is 0 Å². The van der Waals surface area contributed by atoms with Crippen molar-refractivity contribution in [1.29, 1.82) is 0 Å². The molecule has 0 unspecified atom stereocenters. The van der Waals surface area contributed by atoms with Crippen molar-refractivity contribution >= 4 is 0 Å². The number of aliphatic hydroxyl groups excluding tert-OH is 5. The van der Waals surface area contributed by atoms with E-state index in [0.717, 1.165) is 19.3 Å². The summed E-state index contributed by atoms with van der Waals surface area (Å²) < 4.78 is 28.8. The molecule has 11 atom stereocenters. The zero-order valence-corrected chi connectivity index (χ0v) is 18.7. The summed E-state index contributed by atoms with van der Waals surface area (Å²) in [4.78, 5) is 0. The van der Waals surface area contributed by atoms with Crippen LogP contribution in [0.3, 0.4) is 0 Å². The molecule has 2 bridgehead atoms. The fourth-order valence-electron chi connectivity index (χ4n) is 5.33. The van der Waals surface area contributed by atoms with Crippen molar-refractivity contribution in [3.8, 4) is 0 Å². The van der Waals surface area contributed by atoms with Gasteiger partial charge in [-0.05, 0) is 46.0 Å².